The van der Waals surface area contributed by atoms with Crippen molar-refractivity contribution in [1.82, 2.24) is 10.1 Å². The first-order valence-corrected chi connectivity index (χ1v) is 6.32. The number of benzene rings is 1. The van der Waals surface area contributed by atoms with Crippen molar-refractivity contribution < 1.29 is 14.2 Å². The molecule has 0 bridgehead atoms. The molecule has 0 saturated carbocycles. The van der Waals surface area contributed by atoms with Crippen LogP contribution in [0.2, 0.25) is 0 Å². The van der Waals surface area contributed by atoms with Gasteiger partial charge in [0, 0.05) is 18.7 Å². The van der Waals surface area contributed by atoms with Gasteiger partial charge < -0.3 is 9.42 Å². The summed E-state index contributed by atoms with van der Waals surface area (Å²) in [6.07, 6.45) is 0. The van der Waals surface area contributed by atoms with Gasteiger partial charge in [0.1, 0.15) is 11.3 Å². The van der Waals surface area contributed by atoms with Gasteiger partial charge in [-0.05, 0) is 13.8 Å². The molecule has 0 saturated heterocycles. The van der Waals surface area contributed by atoms with Gasteiger partial charge in [0.15, 0.2) is 0 Å². The van der Waals surface area contributed by atoms with Crippen LogP contribution in [0, 0.1) is 24.0 Å². The first-order chi connectivity index (χ1) is 9.91. The summed E-state index contributed by atoms with van der Waals surface area (Å²) in [5.74, 6) is 0.163. The van der Waals surface area contributed by atoms with Crippen LogP contribution in [0.3, 0.4) is 0 Å². The minimum absolute atomic E-state index is 0.00378. The van der Waals surface area contributed by atoms with Gasteiger partial charge in [-0.3, -0.25) is 14.9 Å². The molecule has 21 heavy (non-hydrogen) atoms. The average Bonchev–Trinajstić information content (AvgIpc) is 2.77. The quantitative estimate of drug-likeness (QED) is 0.637. The highest BCUT2D eigenvalue weighted by Crippen LogP contribution is 2.21. The molecular weight excluding hydrogens is 274 g/mol. The molecule has 1 aromatic heterocycles. The third-order valence-corrected chi connectivity index (χ3v) is 3.19. The van der Waals surface area contributed by atoms with E-state index in [4.69, 9.17) is 4.52 Å². The Hall–Kier alpha value is -2.70. The molecule has 0 aliphatic heterocycles. The number of nitro groups is 1. The smallest absolute Gasteiger partial charge is 0.274 e. The molecule has 0 fully saturated rings. The Morgan fingerprint density at radius 3 is 2.62 bits per heavy atom. The molecule has 0 unspecified atom stereocenters. The van der Waals surface area contributed by atoms with E-state index in [1.54, 1.807) is 39.1 Å². The van der Waals surface area contributed by atoms with Crippen LogP contribution in [0.25, 0.3) is 0 Å². The first kappa shape index (κ1) is 14.7. The molecule has 1 heterocycles. The van der Waals surface area contributed by atoms with Crippen LogP contribution in [0.5, 0.6) is 0 Å². The number of aryl methyl sites for hydroxylation is 2. The van der Waals surface area contributed by atoms with Crippen molar-refractivity contribution in [2.24, 2.45) is 0 Å². The summed E-state index contributed by atoms with van der Waals surface area (Å²) in [5.41, 5.74) is 1.38. The fourth-order valence-electron chi connectivity index (χ4n) is 2.13. The number of hydrogen-bond donors (Lipinski definition) is 0. The lowest BCUT2D eigenvalue weighted by atomic mass is 10.1. The van der Waals surface area contributed by atoms with E-state index in [-0.39, 0.29) is 18.1 Å². The Morgan fingerprint density at radius 2 is 2.05 bits per heavy atom. The number of carbonyl (C=O) groups is 1. The zero-order valence-corrected chi connectivity index (χ0v) is 12.0. The minimum atomic E-state index is -0.455. The first-order valence-electron chi connectivity index (χ1n) is 6.32. The standard InChI is InChI=1S/C14H15N3O4/c1-9-13(10(2)21-15-9)14(18)16(3)8-11-6-4-5-7-12(11)17(19)20/h4-7H,8H2,1-3H3. The Bertz CT molecular complexity index is 674. The van der Waals surface area contributed by atoms with Gasteiger partial charge in [0.25, 0.3) is 11.6 Å². The second kappa shape index (κ2) is 5.74. The summed E-state index contributed by atoms with van der Waals surface area (Å²) in [5, 5.41) is 14.7. The maximum Gasteiger partial charge on any atom is 0.274 e. The van der Waals surface area contributed by atoms with E-state index in [1.807, 2.05) is 0 Å². The third-order valence-electron chi connectivity index (χ3n) is 3.19. The molecule has 7 heteroatoms. The summed E-state index contributed by atoms with van der Waals surface area (Å²) in [6, 6.07) is 6.35. The number of carbonyl (C=O) groups excluding carboxylic acids is 1. The van der Waals surface area contributed by atoms with Crippen molar-refractivity contribution in [2.45, 2.75) is 20.4 Å². The summed E-state index contributed by atoms with van der Waals surface area (Å²) in [4.78, 5) is 24.3. The summed E-state index contributed by atoms with van der Waals surface area (Å²) in [7, 11) is 1.59. The normalized spacial score (nSPS) is 10.4. The van der Waals surface area contributed by atoms with E-state index in [1.165, 1.54) is 11.0 Å². The largest absolute Gasteiger partial charge is 0.361 e. The van der Waals surface area contributed by atoms with Crippen LogP contribution >= 0.6 is 0 Å². The second-order valence-corrected chi connectivity index (χ2v) is 4.75. The fourth-order valence-corrected chi connectivity index (χ4v) is 2.13. The van der Waals surface area contributed by atoms with Gasteiger partial charge in [-0.15, -0.1) is 0 Å². The molecule has 0 atom stereocenters. The maximum absolute atomic E-state index is 12.4. The molecule has 0 aliphatic rings. The predicted molar refractivity (Wildman–Crippen MR) is 74.9 cm³/mol. The van der Waals surface area contributed by atoms with E-state index in [0.29, 0.717) is 22.6 Å². The molecule has 0 N–H and O–H groups in total. The lowest BCUT2D eigenvalue weighted by Crippen LogP contribution is -2.27. The molecule has 110 valence electrons. The zero-order chi connectivity index (χ0) is 15.6. The number of nitro benzene ring substituents is 1. The second-order valence-electron chi connectivity index (χ2n) is 4.75. The molecule has 0 aliphatic carbocycles. The van der Waals surface area contributed by atoms with Gasteiger partial charge in [-0.2, -0.15) is 0 Å². The summed E-state index contributed by atoms with van der Waals surface area (Å²) >= 11 is 0. The third kappa shape index (κ3) is 2.91. The Kier molecular flexibility index (Phi) is 4.02. The van der Waals surface area contributed by atoms with Crippen LogP contribution < -0.4 is 0 Å². The van der Waals surface area contributed by atoms with Gasteiger partial charge in [-0.1, -0.05) is 23.4 Å². The molecule has 2 aromatic rings. The zero-order valence-electron chi connectivity index (χ0n) is 12.0. The lowest BCUT2D eigenvalue weighted by Gasteiger charge is -2.17. The maximum atomic E-state index is 12.4. The van der Waals surface area contributed by atoms with Crippen LogP contribution in [-0.2, 0) is 6.54 Å². The highest BCUT2D eigenvalue weighted by molar-refractivity contribution is 5.95. The molecular formula is C14H15N3O4. The molecule has 2 rings (SSSR count). The highest BCUT2D eigenvalue weighted by atomic mass is 16.6. The van der Waals surface area contributed by atoms with Crippen LogP contribution in [0.4, 0.5) is 5.69 Å². The van der Waals surface area contributed by atoms with Crippen LogP contribution in [0.15, 0.2) is 28.8 Å². The fraction of sp³-hybridized carbons (Fsp3) is 0.286. The monoisotopic (exact) mass is 289 g/mol. The van der Waals surface area contributed by atoms with Crippen molar-refractivity contribution in [3.63, 3.8) is 0 Å². The van der Waals surface area contributed by atoms with E-state index in [2.05, 4.69) is 5.16 Å². The van der Waals surface area contributed by atoms with Crippen molar-refractivity contribution in [1.29, 1.82) is 0 Å². The molecule has 7 nitrogen and oxygen atoms in total. The average molecular weight is 289 g/mol. The Labute approximate surface area is 121 Å². The van der Waals surface area contributed by atoms with Crippen molar-refractivity contribution in [3.05, 3.63) is 57.0 Å². The topological polar surface area (TPSA) is 89.5 Å². The number of hydrogen-bond acceptors (Lipinski definition) is 5. The van der Waals surface area contributed by atoms with Gasteiger partial charge in [0.2, 0.25) is 0 Å². The summed E-state index contributed by atoms with van der Waals surface area (Å²) < 4.78 is 4.97. The number of aromatic nitrogens is 1. The van der Waals surface area contributed by atoms with Crippen LogP contribution in [0.1, 0.15) is 27.4 Å². The lowest BCUT2D eigenvalue weighted by molar-refractivity contribution is -0.385. The van der Waals surface area contributed by atoms with E-state index >= 15 is 0 Å². The number of rotatable bonds is 4. The molecule has 1 amide bonds. The van der Waals surface area contributed by atoms with Crippen LogP contribution in [-0.4, -0.2) is 27.9 Å². The van der Waals surface area contributed by atoms with Crippen molar-refractivity contribution in [3.8, 4) is 0 Å². The molecule has 0 radical (unpaired) electrons. The number of nitrogens with zero attached hydrogens (tertiary/aromatic N) is 3. The number of para-hydroxylation sites is 1. The van der Waals surface area contributed by atoms with E-state index in [9.17, 15) is 14.9 Å². The molecule has 1 aromatic carbocycles. The van der Waals surface area contributed by atoms with Crippen molar-refractivity contribution >= 4 is 11.6 Å². The van der Waals surface area contributed by atoms with E-state index < -0.39 is 4.92 Å². The SMILES string of the molecule is Cc1noc(C)c1C(=O)N(C)Cc1ccccc1[N+](=O)[O-]. The van der Waals surface area contributed by atoms with E-state index in [0.717, 1.165) is 0 Å². The highest BCUT2D eigenvalue weighted by Gasteiger charge is 2.23. The van der Waals surface area contributed by atoms with Gasteiger partial charge in [0.05, 0.1) is 17.2 Å². The van der Waals surface area contributed by atoms with Gasteiger partial charge in [-0.25, -0.2) is 0 Å². The van der Waals surface area contributed by atoms with Crippen molar-refractivity contribution in [2.75, 3.05) is 7.05 Å². The minimum Gasteiger partial charge on any atom is -0.361 e. The van der Waals surface area contributed by atoms with Gasteiger partial charge >= 0.3 is 0 Å². The molecule has 0 spiro atoms. The predicted octanol–water partition coefficient (Wildman–Crippen LogP) is 2.47. The Morgan fingerprint density at radius 1 is 1.38 bits per heavy atom. The summed E-state index contributed by atoms with van der Waals surface area (Å²) in [6.45, 7) is 3.48. The Balaban J connectivity index is 2.25. The number of amides is 1.